The van der Waals surface area contributed by atoms with Crippen molar-refractivity contribution in [2.75, 3.05) is 14.1 Å². The average Bonchev–Trinajstić information content (AvgIpc) is 2.31. The summed E-state index contributed by atoms with van der Waals surface area (Å²) in [6.07, 6.45) is 0.736. The number of likely N-dealkylation sites (N-methyl/N-ethyl adjacent to an activating group) is 1. The summed E-state index contributed by atoms with van der Waals surface area (Å²) in [6, 6.07) is 4.11. The van der Waals surface area contributed by atoms with Gasteiger partial charge in [-0.25, -0.2) is 4.39 Å². The van der Waals surface area contributed by atoms with Crippen molar-refractivity contribution >= 4 is 17.5 Å². The first-order valence-electron chi connectivity index (χ1n) is 6.69. The van der Waals surface area contributed by atoms with E-state index in [4.69, 9.17) is 11.6 Å². The van der Waals surface area contributed by atoms with Crippen LogP contribution in [0, 0.1) is 11.7 Å². The lowest BCUT2D eigenvalue weighted by atomic mass is 10.0. The molecule has 5 heteroatoms. The first-order valence-corrected chi connectivity index (χ1v) is 7.07. The molecule has 0 saturated heterocycles. The summed E-state index contributed by atoms with van der Waals surface area (Å²) in [7, 11) is 3.47. The summed E-state index contributed by atoms with van der Waals surface area (Å²) in [4.78, 5) is 13.7. The highest BCUT2D eigenvalue weighted by Gasteiger charge is 2.20. The van der Waals surface area contributed by atoms with Crippen LogP contribution in [-0.4, -0.2) is 30.9 Å². The van der Waals surface area contributed by atoms with Gasteiger partial charge in [-0.1, -0.05) is 25.4 Å². The van der Waals surface area contributed by atoms with E-state index in [1.165, 1.54) is 12.1 Å². The third-order valence-electron chi connectivity index (χ3n) is 2.92. The molecule has 20 heavy (non-hydrogen) atoms. The van der Waals surface area contributed by atoms with Gasteiger partial charge < -0.3 is 10.2 Å². The fraction of sp³-hybridized carbons (Fsp3) is 0.533. The van der Waals surface area contributed by atoms with E-state index in [1.807, 2.05) is 0 Å². The summed E-state index contributed by atoms with van der Waals surface area (Å²) in [5, 5.41) is 3.55. The van der Waals surface area contributed by atoms with Gasteiger partial charge in [0.05, 0.1) is 6.04 Å². The second-order valence-corrected chi connectivity index (χ2v) is 6.01. The zero-order chi connectivity index (χ0) is 15.3. The number of carbonyl (C=O) groups is 1. The molecule has 0 heterocycles. The van der Waals surface area contributed by atoms with Crippen molar-refractivity contribution in [3.8, 4) is 0 Å². The molecule has 112 valence electrons. The van der Waals surface area contributed by atoms with E-state index in [1.54, 1.807) is 25.1 Å². The zero-order valence-corrected chi connectivity index (χ0v) is 13.2. The highest BCUT2D eigenvalue weighted by Crippen LogP contribution is 2.15. The minimum absolute atomic E-state index is 0.0289. The van der Waals surface area contributed by atoms with Gasteiger partial charge in [0.25, 0.3) is 0 Å². The van der Waals surface area contributed by atoms with Gasteiger partial charge in [0.1, 0.15) is 5.82 Å². The lowest BCUT2D eigenvalue weighted by molar-refractivity contribution is -0.131. The number of carbonyl (C=O) groups excluding carboxylic acids is 1. The van der Waals surface area contributed by atoms with Crippen molar-refractivity contribution in [2.24, 2.45) is 5.92 Å². The van der Waals surface area contributed by atoms with Crippen LogP contribution in [0.4, 0.5) is 4.39 Å². The van der Waals surface area contributed by atoms with Gasteiger partial charge in [0, 0.05) is 25.7 Å². The molecular formula is C15H22ClFN2O. The van der Waals surface area contributed by atoms with Crippen LogP contribution < -0.4 is 5.32 Å². The van der Waals surface area contributed by atoms with Crippen molar-refractivity contribution < 1.29 is 9.18 Å². The average molecular weight is 301 g/mol. The molecule has 0 fully saturated rings. The molecule has 1 unspecified atom stereocenters. The molecule has 1 atom stereocenters. The summed E-state index contributed by atoms with van der Waals surface area (Å²) in [5.41, 5.74) is 0.732. The Hall–Kier alpha value is -1.13. The van der Waals surface area contributed by atoms with Gasteiger partial charge in [-0.05, 0) is 36.1 Å². The molecule has 0 aliphatic heterocycles. The van der Waals surface area contributed by atoms with E-state index in [-0.39, 0.29) is 17.8 Å². The summed E-state index contributed by atoms with van der Waals surface area (Å²) < 4.78 is 13.3. The van der Waals surface area contributed by atoms with E-state index >= 15 is 0 Å². The Morgan fingerprint density at radius 2 is 2.00 bits per heavy atom. The largest absolute Gasteiger partial charge is 0.347 e. The van der Waals surface area contributed by atoms with Crippen molar-refractivity contribution in [1.82, 2.24) is 10.2 Å². The Kier molecular flexibility index (Phi) is 6.43. The number of hydrogen-bond acceptors (Lipinski definition) is 2. The molecule has 1 aromatic carbocycles. The molecule has 0 saturated carbocycles. The van der Waals surface area contributed by atoms with E-state index < -0.39 is 0 Å². The fourth-order valence-electron chi connectivity index (χ4n) is 2.01. The molecule has 3 nitrogen and oxygen atoms in total. The second-order valence-electron chi connectivity index (χ2n) is 5.57. The van der Waals surface area contributed by atoms with E-state index in [0.717, 1.165) is 12.0 Å². The molecule has 0 aliphatic carbocycles. The van der Waals surface area contributed by atoms with Crippen LogP contribution in [0.15, 0.2) is 18.2 Å². The standard InChI is InChI=1S/C15H22ClFN2O/c1-10(2)5-14(15(20)19(3)4)18-9-11-6-12(16)8-13(17)7-11/h6-8,10,14,18H,5,9H2,1-4H3. The molecule has 0 bridgehead atoms. The molecule has 0 radical (unpaired) electrons. The van der Waals surface area contributed by atoms with Crippen LogP contribution >= 0.6 is 11.6 Å². The van der Waals surface area contributed by atoms with Crippen LogP contribution in [0.5, 0.6) is 0 Å². The second kappa shape index (κ2) is 7.60. The molecule has 1 amide bonds. The minimum Gasteiger partial charge on any atom is -0.347 e. The molecule has 0 aliphatic rings. The van der Waals surface area contributed by atoms with Gasteiger partial charge in [0.2, 0.25) is 5.91 Å². The first kappa shape index (κ1) is 16.9. The monoisotopic (exact) mass is 300 g/mol. The SMILES string of the molecule is CC(C)CC(NCc1cc(F)cc(Cl)c1)C(=O)N(C)C. The summed E-state index contributed by atoms with van der Waals surface area (Å²) in [6.45, 7) is 4.54. The van der Waals surface area contributed by atoms with Gasteiger partial charge in [0.15, 0.2) is 0 Å². The normalized spacial score (nSPS) is 12.6. The maximum absolute atomic E-state index is 13.3. The van der Waals surface area contributed by atoms with Crippen molar-refractivity contribution in [3.63, 3.8) is 0 Å². The van der Waals surface area contributed by atoms with E-state index in [9.17, 15) is 9.18 Å². The van der Waals surface area contributed by atoms with Crippen molar-refractivity contribution in [3.05, 3.63) is 34.6 Å². The summed E-state index contributed by atoms with van der Waals surface area (Å²) >= 11 is 5.82. The van der Waals surface area contributed by atoms with Crippen molar-refractivity contribution in [1.29, 1.82) is 0 Å². The number of nitrogens with one attached hydrogen (secondary N) is 1. The smallest absolute Gasteiger partial charge is 0.239 e. The molecule has 0 aromatic heterocycles. The molecule has 1 rings (SSSR count). The lowest BCUT2D eigenvalue weighted by Crippen LogP contribution is -2.44. The highest BCUT2D eigenvalue weighted by molar-refractivity contribution is 6.30. The molecule has 0 spiro atoms. The van der Waals surface area contributed by atoms with Gasteiger partial charge in [-0.15, -0.1) is 0 Å². The zero-order valence-electron chi connectivity index (χ0n) is 12.4. The van der Waals surface area contributed by atoms with Crippen LogP contribution in [0.3, 0.4) is 0 Å². The Labute approximate surface area is 125 Å². The van der Waals surface area contributed by atoms with Gasteiger partial charge in [-0.3, -0.25) is 4.79 Å². The maximum Gasteiger partial charge on any atom is 0.239 e. The minimum atomic E-state index is -0.367. The Bertz CT molecular complexity index is 443. The number of amides is 1. The number of halogens is 2. The van der Waals surface area contributed by atoms with Crippen LogP contribution in [0.25, 0.3) is 0 Å². The fourth-order valence-corrected chi connectivity index (χ4v) is 2.25. The lowest BCUT2D eigenvalue weighted by Gasteiger charge is -2.23. The number of hydrogen-bond donors (Lipinski definition) is 1. The molecular weight excluding hydrogens is 279 g/mol. The summed E-state index contributed by atoms with van der Waals surface area (Å²) in [5.74, 6) is 0.0577. The Morgan fingerprint density at radius 3 is 2.50 bits per heavy atom. The van der Waals surface area contributed by atoms with Gasteiger partial charge in [-0.2, -0.15) is 0 Å². The molecule has 1 aromatic rings. The van der Waals surface area contributed by atoms with E-state index in [2.05, 4.69) is 19.2 Å². The topological polar surface area (TPSA) is 32.3 Å². The number of nitrogens with zero attached hydrogens (tertiary/aromatic N) is 1. The van der Waals surface area contributed by atoms with Crippen LogP contribution in [0.2, 0.25) is 5.02 Å². The Balaban J connectivity index is 2.72. The predicted molar refractivity (Wildman–Crippen MR) is 80.2 cm³/mol. The first-order chi connectivity index (χ1) is 9.29. The predicted octanol–water partition coefficient (Wildman–Crippen LogP) is 3.07. The third-order valence-corrected chi connectivity index (χ3v) is 3.14. The van der Waals surface area contributed by atoms with Gasteiger partial charge >= 0.3 is 0 Å². The highest BCUT2D eigenvalue weighted by atomic mass is 35.5. The van der Waals surface area contributed by atoms with Crippen molar-refractivity contribution in [2.45, 2.75) is 32.9 Å². The van der Waals surface area contributed by atoms with Crippen LogP contribution in [0.1, 0.15) is 25.8 Å². The van der Waals surface area contributed by atoms with Crippen LogP contribution in [-0.2, 0) is 11.3 Å². The van der Waals surface area contributed by atoms with E-state index in [0.29, 0.717) is 17.5 Å². The Morgan fingerprint density at radius 1 is 1.35 bits per heavy atom. The maximum atomic E-state index is 13.3. The quantitative estimate of drug-likeness (QED) is 0.875. The number of rotatable bonds is 6. The number of benzene rings is 1. The molecule has 1 N–H and O–H groups in total. The third kappa shape index (κ3) is 5.47.